The predicted molar refractivity (Wildman–Crippen MR) is 293 cm³/mol. The summed E-state index contributed by atoms with van der Waals surface area (Å²) in [4.78, 5) is 38.1. The van der Waals surface area contributed by atoms with Gasteiger partial charge < -0.3 is 14.2 Å². The zero-order valence-corrected chi connectivity index (χ0v) is 45.9. The number of unbranched alkanes of at least 4 members (excludes halogenated alkanes) is 41. The van der Waals surface area contributed by atoms with Gasteiger partial charge in [-0.1, -0.05) is 276 Å². The first kappa shape index (κ1) is 65.9. The van der Waals surface area contributed by atoms with Gasteiger partial charge in [-0.2, -0.15) is 0 Å². The van der Waals surface area contributed by atoms with E-state index in [0.717, 1.165) is 64.2 Å². The fourth-order valence-electron chi connectivity index (χ4n) is 9.07. The Hall–Kier alpha value is -2.11. The zero-order chi connectivity index (χ0) is 49.3. The van der Waals surface area contributed by atoms with Crippen molar-refractivity contribution in [3.05, 3.63) is 24.3 Å². The second kappa shape index (κ2) is 57.5. The van der Waals surface area contributed by atoms with Gasteiger partial charge in [0.05, 0.1) is 0 Å². The molecule has 0 rings (SSSR count). The molecule has 0 aromatic heterocycles. The highest BCUT2D eigenvalue weighted by Gasteiger charge is 2.19. The van der Waals surface area contributed by atoms with Crippen LogP contribution in [0.4, 0.5) is 0 Å². The van der Waals surface area contributed by atoms with Crippen LogP contribution in [0, 0.1) is 0 Å². The number of carbonyl (C=O) groups excluding carboxylic acids is 3. The number of rotatable bonds is 56. The van der Waals surface area contributed by atoms with E-state index in [1.54, 1.807) is 0 Å². The molecule has 0 saturated carbocycles. The van der Waals surface area contributed by atoms with E-state index in [0.29, 0.717) is 19.3 Å². The Morgan fingerprint density at radius 2 is 0.500 bits per heavy atom. The van der Waals surface area contributed by atoms with Crippen molar-refractivity contribution in [1.29, 1.82) is 0 Å². The molecule has 0 aromatic rings. The molecule has 0 heterocycles. The number of allylic oxidation sites excluding steroid dienone is 4. The Balaban J connectivity index is 4.24. The lowest BCUT2D eigenvalue weighted by Crippen LogP contribution is -2.30. The summed E-state index contributed by atoms with van der Waals surface area (Å²) >= 11 is 0. The van der Waals surface area contributed by atoms with Gasteiger partial charge in [-0.05, 0) is 64.2 Å². The number of ether oxygens (including phenoxy) is 3. The van der Waals surface area contributed by atoms with Gasteiger partial charge in [-0.25, -0.2) is 0 Å². The summed E-state index contributed by atoms with van der Waals surface area (Å²) in [5.74, 6) is -0.865. The van der Waals surface area contributed by atoms with E-state index >= 15 is 0 Å². The third-order valence-electron chi connectivity index (χ3n) is 13.7. The molecule has 68 heavy (non-hydrogen) atoms. The van der Waals surface area contributed by atoms with Crippen molar-refractivity contribution in [1.82, 2.24) is 0 Å². The number of esters is 3. The van der Waals surface area contributed by atoms with E-state index in [9.17, 15) is 14.4 Å². The van der Waals surface area contributed by atoms with Gasteiger partial charge in [-0.15, -0.1) is 0 Å². The minimum Gasteiger partial charge on any atom is -0.462 e. The van der Waals surface area contributed by atoms with Crippen LogP contribution >= 0.6 is 0 Å². The van der Waals surface area contributed by atoms with Crippen LogP contribution in [0.15, 0.2) is 24.3 Å². The van der Waals surface area contributed by atoms with Gasteiger partial charge in [0.2, 0.25) is 0 Å². The van der Waals surface area contributed by atoms with Crippen molar-refractivity contribution >= 4 is 17.9 Å². The summed E-state index contributed by atoms with van der Waals surface area (Å²) in [6, 6.07) is 0. The summed E-state index contributed by atoms with van der Waals surface area (Å²) in [5.41, 5.74) is 0. The third-order valence-corrected chi connectivity index (χ3v) is 13.7. The molecule has 1 unspecified atom stereocenters. The minimum atomic E-state index is -0.773. The molecule has 0 radical (unpaired) electrons. The lowest BCUT2D eigenvalue weighted by atomic mass is 10.0. The third kappa shape index (κ3) is 54.8. The van der Waals surface area contributed by atoms with Gasteiger partial charge in [0.15, 0.2) is 6.10 Å². The van der Waals surface area contributed by atoms with Crippen LogP contribution in [0.5, 0.6) is 0 Å². The first-order chi connectivity index (χ1) is 33.5. The molecule has 0 amide bonds. The Labute approximate surface area is 423 Å². The molecule has 0 aromatic carbocycles. The van der Waals surface area contributed by atoms with E-state index < -0.39 is 6.10 Å². The zero-order valence-electron chi connectivity index (χ0n) is 45.9. The van der Waals surface area contributed by atoms with Crippen LogP contribution in [0.2, 0.25) is 0 Å². The van der Waals surface area contributed by atoms with Crippen molar-refractivity contribution in [2.24, 2.45) is 0 Å². The number of hydrogen-bond acceptors (Lipinski definition) is 6. The summed E-state index contributed by atoms with van der Waals surface area (Å²) in [5, 5.41) is 0. The Morgan fingerprint density at radius 3 is 0.779 bits per heavy atom. The fourth-order valence-corrected chi connectivity index (χ4v) is 9.07. The van der Waals surface area contributed by atoms with Crippen LogP contribution in [-0.4, -0.2) is 37.2 Å². The summed E-state index contributed by atoms with van der Waals surface area (Å²) in [6.07, 6.45) is 67.5. The molecule has 0 aliphatic heterocycles. The largest absolute Gasteiger partial charge is 0.462 e. The first-order valence-electron chi connectivity index (χ1n) is 30.3. The highest BCUT2D eigenvalue weighted by molar-refractivity contribution is 5.71. The average molecular weight is 958 g/mol. The fraction of sp³-hybridized carbons (Fsp3) is 0.887. The molecule has 6 heteroatoms. The highest BCUT2D eigenvalue weighted by Crippen LogP contribution is 2.17. The van der Waals surface area contributed by atoms with Crippen LogP contribution in [0.1, 0.15) is 335 Å². The van der Waals surface area contributed by atoms with Gasteiger partial charge in [-0.3, -0.25) is 14.4 Å². The van der Waals surface area contributed by atoms with Gasteiger partial charge in [0, 0.05) is 19.3 Å². The molecule has 1 atom stereocenters. The van der Waals surface area contributed by atoms with E-state index in [4.69, 9.17) is 14.2 Å². The topological polar surface area (TPSA) is 78.9 Å². The second-order valence-corrected chi connectivity index (χ2v) is 20.6. The molecule has 0 bridgehead atoms. The van der Waals surface area contributed by atoms with Gasteiger partial charge >= 0.3 is 17.9 Å². The molecule has 0 N–H and O–H groups in total. The lowest BCUT2D eigenvalue weighted by Gasteiger charge is -2.18. The summed E-state index contributed by atoms with van der Waals surface area (Å²) in [7, 11) is 0. The standard InChI is InChI=1S/C62H116O6/c1-4-7-10-13-16-19-22-24-26-28-29-30-31-32-34-35-37-40-43-46-49-52-55-61(64)67-58-59(57-66-60(63)54-51-48-45-42-39-21-18-15-12-9-6-3)68-62(65)56-53-50-47-44-41-38-36-33-27-25-23-20-17-14-11-8-5-2/h15,18,25,27,59H,4-14,16-17,19-24,26,28-58H2,1-3H3/b18-15-,27-25-. The van der Waals surface area contributed by atoms with Crippen LogP contribution in [0.3, 0.4) is 0 Å². The van der Waals surface area contributed by atoms with Crippen LogP contribution < -0.4 is 0 Å². The van der Waals surface area contributed by atoms with E-state index in [-0.39, 0.29) is 31.1 Å². The normalized spacial score (nSPS) is 12.1. The Bertz CT molecular complexity index is 1100. The number of hydrogen-bond donors (Lipinski definition) is 0. The number of carbonyl (C=O) groups is 3. The highest BCUT2D eigenvalue weighted by atomic mass is 16.6. The molecule has 0 aliphatic carbocycles. The molecule has 0 saturated heterocycles. The molecule has 400 valence electrons. The monoisotopic (exact) mass is 957 g/mol. The smallest absolute Gasteiger partial charge is 0.306 e. The van der Waals surface area contributed by atoms with Crippen molar-refractivity contribution < 1.29 is 28.6 Å². The Kier molecular flexibility index (Phi) is 55.7. The van der Waals surface area contributed by atoms with Crippen molar-refractivity contribution in [3.8, 4) is 0 Å². The first-order valence-corrected chi connectivity index (χ1v) is 30.3. The quantitative estimate of drug-likeness (QED) is 0.0262. The van der Waals surface area contributed by atoms with E-state index in [2.05, 4.69) is 45.1 Å². The van der Waals surface area contributed by atoms with Crippen molar-refractivity contribution in [2.75, 3.05) is 13.2 Å². The molecular weight excluding hydrogens is 841 g/mol. The molecule has 0 fully saturated rings. The maximum atomic E-state index is 12.9. The molecule has 6 nitrogen and oxygen atoms in total. The minimum absolute atomic E-state index is 0.0711. The summed E-state index contributed by atoms with van der Waals surface area (Å²) < 4.78 is 16.9. The van der Waals surface area contributed by atoms with Crippen molar-refractivity contribution in [3.63, 3.8) is 0 Å². The predicted octanol–water partition coefficient (Wildman–Crippen LogP) is 20.3. The SMILES string of the molecule is CCCC/C=C\CCCCCCCC(=O)OCC(COC(=O)CCCCCCCCCCCCCCCCCCCCCCCC)OC(=O)CCCCCCCCC/C=C\CCCCCCCC. The molecule has 0 aliphatic rings. The lowest BCUT2D eigenvalue weighted by molar-refractivity contribution is -0.167. The van der Waals surface area contributed by atoms with E-state index in [1.165, 1.54) is 231 Å². The molecule has 0 spiro atoms. The van der Waals surface area contributed by atoms with Gasteiger partial charge in [0.25, 0.3) is 0 Å². The van der Waals surface area contributed by atoms with Crippen LogP contribution in [0.25, 0.3) is 0 Å². The Morgan fingerprint density at radius 1 is 0.279 bits per heavy atom. The average Bonchev–Trinajstić information content (AvgIpc) is 3.34. The van der Waals surface area contributed by atoms with Crippen LogP contribution in [-0.2, 0) is 28.6 Å². The molecular formula is C62H116O6. The maximum absolute atomic E-state index is 12.9. The summed E-state index contributed by atoms with van der Waals surface area (Å²) in [6.45, 7) is 6.64. The van der Waals surface area contributed by atoms with Gasteiger partial charge in [0.1, 0.15) is 13.2 Å². The maximum Gasteiger partial charge on any atom is 0.306 e. The second-order valence-electron chi connectivity index (χ2n) is 20.6. The van der Waals surface area contributed by atoms with Crippen molar-refractivity contribution in [2.45, 2.75) is 341 Å². The van der Waals surface area contributed by atoms with E-state index in [1.807, 2.05) is 0 Å².